The minimum atomic E-state index is -0.197. The lowest BCUT2D eigenvalue weighted by atomic mass is 9.98. The van der Waals surface area contributed by atoms with Crippen LogP contribution in [0.25, 0.3) is 0 Å². The molecule has 2 aromatic rings. The van der Waals surface area contributed by atoms with Crippen molar-refractivity contribution in [3.63, 3.8) is 0 Å². The first-order valence-electron chi connectivity index (χ1n) is 7.78. The lowest BCUT2D eigenvalue weighted by Crippen LogP contribution is -2.29. The van der Waals surface area contributed by atoms with E-state index in [4.69, 9.17) is 4.74 Å². The summed E-state index contributed by atoms with van der Waals surface area (Å²) >= 11 is 0. The van der Waals surface area contributed by atoms with E-state index in [1.54, 1.807) is 7.11 Å². The molecule has 0 aliphatic rings. The highest BCUT2D eigenvalue weighted by molar-refractivity contribution is 5.91. The number of amides is 2. The average molecular weight is 312 g/mol. The van der Waals surface area contributed by atoms with Gasteiger partial charge in [-0.15, -0.1) is 0 Å². The number of para-hydroxylation sites is 1. The average Bonchev–Trinajstić information content (AvgIpc) is 2.55. The van der Waals surface area contributed by atoms with Crippen molar-refractivity contribution in [3.8, 4) is 5.75 Å². The van der Waals surface area contributed by atoms with Gasteiger partial charge >= 0.3 is 6.03 Å². The third-order valence-corrected chi connectivity index (χ3v) is 3.78. The largest absolute Gasteiger partial charge is 0.497 e. The Labute approximate surface area is 137 Å². The van der Waals surface area contributed by atoms with E-state index in [0.717, 1.165) is 28.1 Å². The number of benzene rings is 2. The Morgan fingerprint density at radius 2 is 1.83 bits per heavy atom. The zero-order valence-electron chi connectivity index (χ0n) is 14.1. The highest BCUT2D eigenvalue weighted by Crippen LogP contribution is 2.27. The number of methoxy groups -OCH3 is 1. The number of hydrogen-bond acceptors (Lipinski definition) is 2. The number of nitrogens with one attached hydrogen (secondary N) is 2. The maximum Gasteiger partial charge on any atom is 0.319 e. The quantitative estimate of drug-likeness (QED) is 0.857. The summed E-state index contributed by atoms with van der Waals surface area (Å²) in [6.45, 7) is 6.72. The Morgan fingerprint density at radius 1 is 1.13 bits per heavy atom. The first-order valence-corrected chi connectivity index (χ1v) is 7.78. The van der Waals surface area contributed by atoms with Crippen molar-refractivity contribution in [1.82, 2.24) is 5.32 Å². The molecule has 4 heteroatoms. The van der Waals surface area contributed by atoms with E-state index in [1.165, 1.54) is 0 Å². The molecule has 0 fully saturated rings. The predicted octanol–water partition coefficient (Wildman–Crippen LogP) is 4.45. The lowest BCUT2D eigenvalue weighted by molar-refractivity contribution is 0.251. The predicted molar refractivity (Wildman–Crippen MR) is 94.1 cm³/mol. The molecule has 2 aromatic carbocycles. The molecule has 2 amide bonds. The van der Waals surface area contributed by atoms with Gasteiger partial charge in [0, 0.05) is 12.2 Å². The van der Waals surface area contributed by atoms with Crippen LogP contribution in [0.5, 0.6) is 5.75 Å². The van der Waals surface area contributed by atoms with Crippen LogP contribution in [0.1, 0.15) is 36.5 Å². The van der Waals surface area contributed by atoms with Crippen LogP contribution in [-0.2, 0) is 6.54 Å². The maximum atomic E-state index is 12.2. The normalized spacial score (nSPS) is 10.5. The van der Waals surface area contributed by atoms with Crippen molar-refractivity contribution >= 4 is 11.7 Å². The summed E-state index contributed by atoms with van der Waals surface area (Å²) < 4.78 is 5.12. The minimum absolute atomic E-state index is 0.197. The first-order chi connectivity index (χ1) is 11.0. The number of carbonyl (C=O) groups is 1. The van der Waals surface area contributed by atoms with Crippen molar-refractivity contribution in [2.75, 3.05) is 12.4 Å². The van der Waals surface area contributed by atoms with E-state index in [9.17, 15) is 4.79 Å². The van der Waals surface area contributed by atoms with Crippen molar-refractivity contribution in [2.24, 2.45) is 0 Å². The highest BCUT2D eigenvalue weighted by atomic mass is 16.5. The van der Waals surface area contributed by atoms with Crippen LogP contribution in [-0.4, -0.2) is 13.1 Å². The van der Waals surface area contributed by atoms with Crippen molar-refractivity contribution in [3.05, 3.63) is 59.2 Å². The summed E-state index contributed by atoms with van der Waals surface area (Å²) in [6, 6.07) is 13.5. The van der Waals surface area contributed by atoms with E-state index in [0.29, 0.717) is 12.5 Å². The molecule has 0 saturated carbocycles. The molecule has 4 nitrogen and oxygen atoms in total. The van der Waals surface area contributed by atoms with E-state index in [-0.39, 0.29) is 6.03 Å². The zero-order chi connectivity index (χ0) is 16.8. The fraction of sp³-hybridized carbons (Fsp3) is 0.316. The SMILES string of the molecule is COc1ccc(CNC(=O)Nc2c(C)cccc2C(C)C)cc1. The fourth-order valence-electron chi connectivity index (χ4n) is 2.43. The summed E-state index contributed by atoms with van der Waals surface area (Å²) in [5.41, 5.74) is 4.13. The second-order valence-corrected chi connectivity index (χ2v) is 5.85. The standard InChI is InChI=1S/C19H24N2O2/c1-13(2)17-7-5-6-14(3)18(17)21-19(22)20-12-15-8-10-16(23-4)11-9-15/h5-11,13H,12H2,1-4H3,(H2,20,21,22). The van der Waals surface area contributed by atoms with Gasteiger partial charge in [0.15, 0.2) is 0 Å². The monoisotopic (exact) mass is 312 g/mol. The lowest BCUT2D eigenvalue weighted by Gasteiger charge is -2.17. The van der Waals surface area contributed by atoms with Gasteiger partial charge in [0.25, 0.3) is 0 Å². The molecule has 0 aliphatic heterocycles. The van der Waals surface area contributed by atoms with Gasteiger partial charge in [-0.25, -0.2) is 4.79 Å². The van der Waals surface area contributed by atoms with Crippen molar-refractivity contribution in [1.29, 1.82) is 0 Å². The third kappa shape index (κ3) is 4.49. The van der Waals surface area contributed by atoms with E-state index < -0.39 is 0 Å². The van der Waals surface area contributed by atoms with E-state index >= 15 is 0 Å². The topological polar surface area (TPSA) is 50.4 Å². The fourth-order valence-corrected chi connectivity index (χ4v) is 2.43. The Hall–Kier alpha value is -2.49. The molecule has 0 heterocycles. The Balaban J connectivity index is 1.99. The molecule has 0 spiro atoms. The van der Waals surface area contributed by atoms with Gasteiger partial charge in [-0.1, -0.05) is 44.2 Å². The van der Waals surface area contributed by atoms with Gasteiger partial charge in [-0.3, -0.25) is 0 Å². The second kappa shape index (κ2) is 7.68. The molecular formula is C19H24N2O2. The van der Waals surface area contributed by atoms with Gasteiger partial charge in [0.05, 0.1) is 7.11 Å². The summed E-state index contributed by atoms with van der Waals surface area (Å²) in [5.74, 6) is 1.16. The van der Waals surface area contributed by atoms with Gasteiger partial charge < -0.3 is 15.4 Å². The summed E-state index contributed by atoms with van der Waals surface area (Å²) in [4.78, 5) is 12.2. The van der Waals surface area contributed by atoms with E-state index in [1.807, 2.05) is 43.3 Å². The minimum Gasteiger partial charge on any atom is -0.497 e. The van der Waals surface area contributed by atoms with Crippen LogP contribution in [0.2, 0.25) is 0 Å². The van der Waals surface area contributed by atoms with Gasteiger partial charge in [0.2, 0.25) is 0 Å². The van der Waals surface area contributed by atoms with Gasteiger partial charge in [0.1, 0.15) is 5.75 Å². The summed E-state index contributed by atoms with van der Waals surface area (Å²) in [7, 11) is 1.63. The van der Waals surface area contributed by atoms with Gasteiger partial charge in [-0.05, 0) is 41.7 Å². The summed E-state index contributed by atoms with van der Waals surface area (Å²) in [6.07, 6.45) is 0. The smallest absolute Gasteiger partial charge is 0.319 e. The number of rotatable bonds is 5. The third-order valence-electron chi connectivity index (χ3n) is 3.78. The number of carbonyl (C=O) groups excluding carboxylic acids is 1. The van der Waals surface area contributed by atoms with Gasteiger partial charge in [-0.2, -0.15) is 0 Å². The zero-order valence-corrected chi connectivity index (χ0v) is 14.1. The van der Waals surface area contributed by atoms with Crippen LogP contribution in [0.4, 0.5) is 10.5 Å². The number of hydrogen-bond donors (Lipinski definition) is 2. The molecule has 0 atom stereocenters. The van der Waals surface area contributed by atoms with Crippen LogP contribution in [0.3, 0.4) is 0 Å². The molecule has 0 unspecified atom stereocenters. The summed E-state index contributed by atoms with van der Waals surface area (Å²) in [5, 5.41) is 5.87. The van der Waals surface area contributed by atoms with Crippen LogP contribution >= 0.6 is 0 Å². The molecule has 0 saturated heterocycles. The molecule has 0 bridgehead atoms. The van der Waals surface area contributed by atoms with Crippen LogP contribution in [0, 0.1) is 6.92 Å². The Morgan fingerprint density at radius 3 is 2.43 bits per heavy atom. The molecule has 0 radical (unpaired) electrons. The number of aryl methyl sites for hydroxylation is 1. The molecule has 122 valence electrons. The molecule has 0 aromatic heterocycles. The molecule has 0 aliphatic carbocycles. The molecular weight excluding hydrogens is 288 g/mol. The Bertz CT molecular complexity index is 664. The number of urea groups is 1. The maximum absolute atomic E-state index is 12.2. The number of anilines is 1. The molecule has 2 rings (SSSR count). The number of ether oxygens (including phenoxy) is 1. The first kappa shape index (κ1) is 16.9. The van der Waals surface area contributed by atoms with Crippen LogP contribution < -0.4 is 15.4 Å². The highest BCUT2D eigenvalue weighted by Gasteiger charge is 2.11. The second-order valence-electron chi connectivity index (χ2n) is 5.85. The van der Waals surface area contributed by atoms with E-state index in [2.05, 4.69) is 30.5 Å². The van der Waals surface area contributed by atoms with Crippen molar-refractivity contribution < 1.29 is 9.53 Å². The molecule has 2 N–H and O–H groups in total. The Kier molecular flexibility index (Phi) is 5.63. The van der Waals surface area contributed by atoms with Crippen LogP contribution in [0.15, 0.2) is 42.5 Å². The molecule has 23 heavy (non-hydrogen) atoms. The van der Waals surface area contributed by atoms with Crippen molar-refractivity contribution in [2.45, 2.75) is 33.2 Å².